The highest BCUT2D eigenvalue weighted by Crippen LogP contribution is 2.29. The molecule has 3 heterocycles. The fraction of sp³-hybridized carbons (Fsp3) is 0. The third-order valence-electron chi connectivity index (χ3n) is 2.20. The molecule has 0 amide bonds. The lowest BCUT2D eigenvalue weighted by Crippen LogP contribution is -1.80. The highest BCUT2D eigenvalue weighted by atomic mass is 32.1. The number of pyridine rings is 1. The van der Waals surface area contributed by atoms with Gasteiger partial charge in [0.25, 0.3) is 0 Å². The molecule has 0 saturated heterocycles. The van der Waals surface area contributed by atoms with Gasteiger partial charge in [0.2, 0.25) is 5.95 Å². The molecule has 0 spiro atoms. The molecule has 3 aromatic rings. The van der Waals surface area contributed by atoms with Gasteiger partial charge in [0.05, 0.1) is 11.7 Å². The van der Waals surface area contributed by atoms with Gasteiger partial charge in [0.1, 0.15) is 5.01 Å². The fourth-order valence-electron chi connectivity index (χ4n) is 1.53. The molecular weight excluding hydrogens is 213 g/mol. The van der Waals surface area contributed by atoms with E-state index in [1.54, 1.807) is 6.20 Å². The number of aromatic nitrogens is 3. The Balaban J connectivity index is 2.32. The molecule has 15 heavy (non-hydrogen) atoms. The van der Waals surface area contributed by atoms with Crippen LogP contribution in [0.5, 0.6) is 0 Å². The zero-order valence-electron chi connectivity index (χ0n) is 7.57. The fourth-order valence-corrected chi connectivity index (χ4v) is 2.20. The van der Waals surface area contributed by atoms with Gasteiger partial charge in [0, 0.05) is 34.8 Å². The van der Waals surface area contributed by atoms with E-state index in [0.29, 0.717) is 0 Å². The minimum absolute atomic E-state index is 0.472. The van der Waals surface area contributed by atoms with E-state index in [0.717, 1.165) is 21.5 Å². The second-order valence-corrected chi connectivity index (χ2v) is 3.99. The molecule has 1 N–H and O–H groups in total. The molecule has 0 unspecified atom stereocenters. The summed E-state index contributed by atoms with van der Waals surface area (Å²) < 4.78 is 13.0. The molecule has 0 fully saturated rings. The average molecular weight is 219 g/mol. The third kappa shape index (κ3) is 1.32. The zero-order chi connectivity index (χ0) is 10.3. The standard InChI is InChI=1S/C10H6FN3S/c11-9-3-6-7(10-12-1-2-15-10)4-13-8(6)5-14-9/h1-5,13H. The van der Waals surface area contributed by atoms with Crippen LogP contribution >= 0.6 is 11.3 Å². The molecule has 0 aliphatic heterocycles. The van der Waals surface area contributed by atoms with Gasteiger partial charge in [-0.1, -0.05) is 0 Å². The summed E-state index contributed by atoms with van der Waals surface area (Å²) in [6.45, 7) is 0. The Labute approximate surface area is 88.6 Å². The number of thiazole rings is 1. The molecule has 0 atom stereocenters. The Morgan fingerprint density at radius 3 is 3.07 bits per heavy atom. The molecule has 3 nitrogen and oxygen atoms in total. The Kier molecular flexibility index (Phi) is 1.78. The van der Waals surface area contributed by atoms with Crippen molar-refractivity contribution in [2.24, 2.45) is 0 Å². The van der Waals surface area contributed by atoms with Crippen molar-refractivity contribution >= 4 is 22.2 Å². The molecule has 0 aliphatic carbocycles. The van der Waals surface area contributed by atoms with Crippen molar-refractivity contribution in [1.29, 1.82) is 0 Å². The van der Waals surface area contributed by atoms with E-state index < -0.39 is 5.95 Å². The van der Waals surface area contributed by atoms with Crippen LogP contribution in [0, 0.1) is 5.95 Å². The largest absolute Gasteiger partial charge is 0.359 e. The summed E-state index contributed by atoms with van der Waals surface area (Å²) in [6.07, 6.45) is 5.04. The number of nitrogens with one attached hydrogen (secondary N) is 1. The number of aromatic amines is 1. The van der Waals surface area contributed by atoms with Crippen molar-refractivity contribution in [3.8, 4) is 10.6 Å². The number of rotatable bonds is 1. The molecule has 0 saturated carbocycles. The van der Waals surface area contributed by atoms with Crippen molar-refractivity contribution in [2.45, 2.75) is 0 Å². The van der Waals surface area contributed by atoms with E-state index in [2.05, 4.69) is 15.0 Å². The smallest absolute Gasteiger partial charge is 0.213 e. The molecule has 3 aromatic heterocycles. The summed E-state index contributed by atoms with van der Waals surface area (Å²) in [6, 6.07) is 1.42. The van der Waals surface area contributed by atoms with E-state index in [1.165, 1.54) is 23.6 Å². The van der Waals surface area contributed by atoms with Crippen LogP contribution in [-0.2, 0) is 0 Å². The van der Waals surface area contributed by atoms with Gasteiger partial charge in [-0.05, 0) is 0 Å². The van der Waals surface area contributed by atoms with Crippen molar-refractivity contribution in [2.75, 3.05) is 0 Å². The molecular formula is C10H6FN3S. The maximum absolute atomic E-state index is 13.0. The van der Waals surface area contributed by atoms with E-state index in [9.17, 15) is 4.39 Å². The summed E-state index contributed by atoms with van der Waals surface area (Å²) in [5.41, 5.74) is 1.74. The minimum atomic E-state index is -0.472. The van der Waals surface area contributed by atoms with E-state index in [4.69, 9.17) is 0 Å². The predicted molar refractivity (Wildman–Crippen MR) is 57.2 cm³/mol. The first kappa shape index (κ1) is 8.55. The third-order valence-corrected chi connectivity index (χ3v) is 3.00. The molecule has 3 rings (SSSR count). The van der Waals surface area contributed by atoms with Crippen LogP contribution in [0.2, 0.25) is 0 Å². The maximum atomic E-state index is 13.0. The Bertz CT molecular complexity index is 600. The minimum Gasteiger partial charge on any atom is -0.359 e. The number of H-pyrrole nitrogens is 1. The van der Waals surface area contributed by atoms with Gasteiger partial charge in [0.15, 0.2) is 0 Å². The molecule has 74 valence electrons. The van der Waals surface area contributed by atoms with Crippen molar-refractivity contribution in [3.63, 3.8) is 0 Å². The second kappa shape index (κ2) is 3.13. The van der Waals surface area contributed by atoms with Crippen LogP contribution in [0.25, 0.3) is 21.5 Å². The lowest BCUT2D eigenvalue weighted by molar-refractivity contribution is 0.586. The topological polar surface area (TPSA) is 41.6 Å². The highest BCUT2D eigenvalue weighted by molar-refractivity contribution is 7.13. The molecule has 0 bridgehead atoms. The van der Waals surface area contributed by atoms with Crippen molar-refractivity contribution in [3.05, 3.63) is 36.0 Å². The van der Waals surface area contributed by atoms with Crippen LogP contribution in [-0.4, -0.2) is 15.0 Å². The molecule has 0 aromatic carbocycles. The van der Waals surface area contributed by atoms with Crippen molar-refractivity contribution < 1.29 is 4.39 Å². The van der Waals surface area contributed by atoms with Crippen LogP contribution < -0.4 is 0 Å². The lowest BCUT2D eigenvalue weighted by atomic mass is 10.2. The Hall–Kier alpha value is -1.75. The molecule has 0 radical (unpaired) electrons. The lowest BCUT2D eigenvalue weighted by Gasteiger charge is -1.93. The summed E-state index contributed by atoms with van der Waals surface area (Å²) in [5, 5.41) is 3.59. The van der Waals surface area contributed by atoms with Gasteiger partial charge >= 0.3 is 0 Å². The molecule has 5 heteroatoms. The van der Waals surface area contributed by atoms with E-state index in [1.807, 2.05) is 11.6 Å². The van der Waals surface area contributed by atoms with Crippen LogP contribution in [0.1, 0.15) is 0 Å². The van der Waals surface area contributed by atoms with E-state index >= 15 is 0 Å². The normalized spacial score (nSPS) is 11.0. The summed E-state index contributed by atoms with van der Waals surface area (Å²) in [5.74, 6) is -0.472. The number of fused-ring (bicyclic) bond motifs is 1. The average Bonchev–Trinajstić information content (AvgIpc) is 2.83. The monoisotopic (exact) mass is 219 g/mol. The number of nitrogens with zero attached hydrogens (tertiary/aromatic N) is 2. The summed E-state index contributed by atoms with van der Waals surface area (Å²) in [4.78, 5) is 10.8. The molecule has 0 aliphatic rings. The number of hydrogen-bond acceptors (Lipinski definition) is 3. The predicted octanol–water partition coefficient (Wildman–Crippen LogP) is 2.83. The Morgan fingerprint density at radius 2 is 2.27 bits per heavy atom. The summed E-state index contributed by atoms with van der Waals surface area (Å²) >= 11 is 1.53. The summed E-state index contributed by atoms with van der Waals surface area (Å²) in [7, 11) is 0. The maximum Gasteiger partial charge on any atom is 0.213 e. The first-order valence-corrected chi connectivity index (χ1v) is 5.25. The second-order valence-electron chi connectivity index (χ2n) is 3.09. The van der Waals surface area contributed by atoms with Gasteiger partial charge in [-0.2, -0.15) is 4.39 Å². The van der Waals surface area contributed by atoms with Gasteiger partial charge in [-0.25, -0.2) is 9.97 Å². The Morgan fingerprint density at radius 1 is 1.33 bits per heavy atom. The SMILES string of the molecule is Fc1cc2c(-c3nccs3)c[nH]c2cn1. The number of halogens is 1. The van der Waals surface area contributed by atoms with Crippen LogP contribution in [0.4, 0.5) is 4.39 Å². The van der Waals surface area contributed by atoms with E-state index in [-0.39, 0.29) is 0 Å². The first-order valence-electron chi connectivity index (χ1n) is 4.37. The van der Waals surface area contributed by atoms with Crippen molar-refractivity contribution in [1.82, 2.24) is 15.0 Å². The van der Waals surface area contributed by atoms with Crippen LogP contribution in [0.3, 0.4) is 0 Å². The van der Waals surface area contributed by atoms with Gasteiger partial charge < -0.3 is 4.98 Å². The quantitative estimate of drug-likeness (QED) is 0.639. The number of hydrogen-bond donors (Lipinski definition) is 1. The highest BCUT2D eigenvalue weighted by Gasteiger charge is 2.09. The van der Waals surface area contributed by atoms with Gasteiger partial charge in [-0.3, -0.25) is 0 Å². The zero-order valence-corrected chi connectivity index (χ0v) is 8.38. The van der Waals surface area contributed by atoms with Gasteiger partial charge in [-0.15, -0.1) is 11.3 Å². The first-order chi connectivity index (χ1) is 7.34. The van der Waals surface area contributed by atoms with Crippen LogP contribution in [0.15, 0.2) is 30.0 Å².